The molecule has 0 bridgehead atoms. The molecule has 0 saturated heterocycles. The molecule has 0 radical (unpaired) electrons. The van der Waals surface area contributed by atoms with E-state index in [2.05, 4.69) is 37.4 Å². The number of nitrogens with one attached hydrogen (secondary N) is 1. The van der Waals surface area contributed by atoms with Crippen molar-refractivity contribution in [3.05, 3.63) is 41.0 Å². The molecule has 0 aliphatic rings. The second-order valence-corrected chi connectivity index (χ2v) is 5.07. The van der Waals surface area contributed by atoms with Gasteiger partial charge in [-0.05, 0) is 44.9 Å². The molecule has 0 amide bonds. The average molecular weight is 277 g/mol. The van der Waals surface area contributed by atoms with Gasteiger partial charge in [0.2, 0.25) is 0 Å². The predicted molar refractivity (Wildman–Crippen MR) is 84.6 cm³/mol. The van der Waals surface area contributed by atoms with Crippen molar-refractivity contribution in [2.24, 2.45) is 0 Å². The third kappa shape index (κ3) is 6.22. The van der Waals surface area contributed by atoms with Crippen LogP contribution < -0.4 is 10.1 Å². The molecule has 0 aliphatic carbocycles. The lowest BCUT2D eigenvalue weighted by molar-refractivity contribution is 0.199. The smallest absolute Gasteiger partial charge is 0.122 e. The topological polar surface area (TPSA) is 30.5 Å². The first-order valence-corrected chi connectivity index (χ1v) is 7.16. The van der Waals surface area contributed by atoms with E-state index in [1.54, 1.807) is 14.2 Å². The molecule has 1 aromatic carbocycles. The number of aryl methyl sites for hydroxylation is 1. The summed E-state index contributed by atoms with van der Waals surface area (Å²) in [6.45, 7) is 6.96. The summed E-state index contributed by atoms with van der Waals surface area (Å²) in [6.07, 6.45) is 4.29. The number of benzene rings is 1. The molecule has 0 atom stereocenters. The van der Waals surface area contributed by atoms with Crippen LogP contribution in [0.4, 0.5) is 0 Å². The molecule has 0 unspecified atom stereocenters. The van der Waals surface area contributed by atoms with Crippen LogP contribution in [0.1, 0.15) is 24.5 Å². The average Bonchev–Trinajstić information content (AvgIpc) is 2.43. The molecule has 1 rings (SSSR count). The number of methoxy groups -OCH3 is 2. The van der Waals surface area contributed by atoms with Gasteiger partial charge in [0, 0.05) is 13.7 Å². The Morgan fingerprint density at radius 2 is 2.05 bits per heavy atom. The second-order valence-electron chi connectivity index (χ2n) is 5.07. The first-order valence-electron chi connectivity index (χ1n) is 7.16. The summed E-state index contributed by atoms with van der Waals surface area (Å²) in [5, 5.41) is 3.34. The summed E-state index contributed by atoms with van der Waals surface area (Å²) < 4.78 is 10.4. The normalized spacial score (nSPS) is 11.7. The van der Waals surface area contributed by atoms with Crippen LogP contribution in [0.2, 0.25) is 0 Å². The molecule has 1 N–H and O–H groups in total. The number of hydrogen-bond donors (Lipinski definition) is 1. The van der Waals surface area contributed by atoms with Gasteiger partial charge in [-0.25, -0.2) is 0 Å². The fourth-order valence-corrected chi connectivity index (χ4v) is 2.14. The Kier molecular flexibility index (Phi) is 8.00. The summed E-state index contributed by atoms with van der Waals surface area (Å²) in [7, 11) is 3.45. The van der Waals surface area contributed by atoms with Crippen molar-refractivity contribution < 1.29 is 9.47 Å². The molecule has 112 valence electrons. The Morgan fingerprint density at radius 3 is 2.75 bits per heavy atom. The summed E-state index contributed by atoms with van der Waals surface area (Å²) in [6, 6.07) is 6.33. The maximum atomic E-state index is 5.42. The molecular formula is C17H27NO2. The standard InChI is InChI=1S/C17H27NO2/c1-14(6-5-9-18-10-11-19-3)12-16-13-15(2)7-8-17(16)20-4/h6-8,13,18H,5,9-12H2,1-4H3. The van der Waals surface area contributed by atoms with E-state index in [4.69, 9.17) is 9.47 Å². The minimum Gasteiger partial charge on any atom is -0.496 e. The Bertz CT molecular complexity index is 427. The minimum atomic E-state index is 0.767. The lowest BCUT2D eigenvalue weighted by Crippen LogP contribution is -2.19. The minimum absolute atomic E-state index is 0.767. The van der Waals surface area contributed by atoms with Crippen LogP contribution in [0.3, 0.4) is 0 Å². The number of allylic oxidation sites excluding steroid dienone is 1. The summed E-state index contributed by atoms with van der Waals surface area (Å²) in [5.41, 5.74) is 3.91. The zero-order valence-corrected chi connectivity index (χ0v) is 13.2. The highest BCUT2D eigenvalue weighted by atomic mass is 16.5. The van der Waals surface area contributed by atoms with E-state index in [1.807, 2.05) is 6.07 Å². The fraction of sp³-hybridized carbons (Fsp3) is 0.529. The van der Waals surface area contributed by atoms with Crippen molar-refractivity contribution in [1.82, 2.24) is 5.32 Å². The summed E-state index contributed by atoms with van der Waals surface area (Å²) in [4.78, 5) is 0. The van der Waals surface area contributed by atoms with Crippen LogP contribution in [0.25, 0.3) is 0 Å². The van der Waals surface area contributed by atoms with Gasteiger partial charge in [-0.2, -0.15) is 0 Å². The van der Waals surface area contributed by atoms with Crippen LogP contribution in [-0.2, 0) is 11.2 Å². The van der Waals surface area contributed by atoms with Gasteiger partial charge in [-0.1, -0.05) is 29.3 Å². The van der Waals surface area contributed by atoms with Crippen molar-refractivity contribution in [1.29, 1.82) is 0 Å². The third-order valence-electron chi connectivity index (χ3n) is 3.20. The maximum absolute atomic E-state index is 5.42. The van der Waals surface area contributed by atoms with Gasteiger partial charge in [0.15, 0.2) is 0 Å². The molecule has 3 heteroatoms. The van der Waals surface area contributed by atoms with E-state index in [0.717, 1.165) is 38.3 Å². The second kappa shape index (κ2) is 9.56. The van der Waals surface area contributed by atoms with Crippen LogP contribution in [0.5, 0.6) is 5.75 Å². The summed E-state index contributed by atoms with van der Waals surface area (Å²) >= 11 is 0. The highest BCUT2D eigenvalue weighted by Gasteiger charge is 2.03. The lowest BCUT2D eigenvalue weighted by atomic mass is 10.0. The molecule has 1 aromatic rings. The molecule has 20 heavy (non-hydrogen) atoms. The lowest BCUT2D eigenvalue weighted by Gasteiger charge is -2.10. The van der Waals surface area contributed by atoms with Crippen molar-refractivity contribution in [2.45, 2.75) is 26.7 Å². The molecular weight excluding hydrogens is 250 g/mol. The van der Waals surface area contributed by atoms with Gasteiger partial charge in [-0.15, -0.1) is 0 Å². The molecule has 0 aliphatic heterocycles. The van der Waals surface area contributed by atoms with Crippen molar-refractivity contribution in [2.75, 3.05) is 33.9 Å². The van der Waals surface area contributed by atoms with Gasteiger partial charge >= 0.3 is 0 Å². The quantitative estimate of drug-likeness (QED) is 0.556. The molecule has 0 fully saturated rings. The van der Waals surface area contributed by atoms with Crippen molar-refractivity contribution >= 4 is 0 Å². The Labute approximate surface area is 123 Å². The zero-order valence-electron chi connectivity index (χ0n) is 13.2. The van der Waals surface area contributed by atoms with Gasteiger partial charge in [0.1, 0.15) is 5.75 Å². The van der Waals surface area contributed by atoms with Gasteiger partial charge < -0.3 is 14.8 Å². The first kappa shape index (κ1) is 16.7. The van der Waals surface area contributed by atoms with Gasteiger partial charge in [-0.3, -0.25) is 0 Å². The highest BCUT2D eigenvalue weighted by molar-refractivity contribution is 5.39. The predicted octanol–water partition coefficient (Wildman–Crippen LogP) is 3.12. The fourth-order valence-electron chi connectivity index (χ4n) is 2.14. The van der Waals surface area contributed by atoms with Crippen LogP contribution >= 0.6 is 0 Å². The Morgan fingerprint density at radius 1 is 1.25 bits per heavy atom. The largest absolute Gasteiger partial charge is 0.496 e. The van der Waals surface area contributed by atoms with Crippen LogP contribution in [-0.4, -0.2) is 33.9 Å². The Hall–Kier alpha value is -1.32. The molecule has 3 nitrogen and oxygen atoms in total. The van der Waals surface area contributed by atoms with E-state index in [-0.39, 0.29) is 0 Å². The number of hydrogen-bond acceptors (Lipinski definition) is 3. The van der Waals surface area contributed by atoms with Gasteiger partial charge in [0.05, 0.1) is 13.7 Å². The number of rotatable bonds is 9. The first-order chi connectivity index (χ1) is 9.67. The van der Waals surface area contributed by atoms with E-state index < -0.39 is 0 Å². The van der Waals surface area contributed by atoms with E-state index >= 15 is 0 Å². The Balaban J connectivity index is 2.44. The summed E-state index contributed by atoms with van der Waals surface area (Å²) in [5.74, 6) is 0.974. The zero-order chi connectivity index (χ0) is 14.8. The molecule has 0 aromatic heterocycles. The van der Waals surface area contributed by atoms with E-state index in [0.29, 0.717) is 0 Å². The SMILES string of the molecule is COCCNCCC=C(C)Cc1cc(C)ccc1OC. The van der Waals surface area contributed by atoms with Crippen molar-refractivity contribution in [3.8, 4) is 5.75 Å². The maximum Gasteiger partial charge on any atom is 0.122 e. The molecule has 0 saturated carbocycles. The van der Waals surface area contributed by atoms with Gasteiger partial charge in [0.25, 0.3) is 0 Å². The van der Waals surface area contributed by atoms with Crippen LogP contribution in [0.15, 0.2) is 29.8 Å². The number of ether oxygens (including phenoxy) is 2. The van der Waals surface area contributed by atoms with Crippen LogP contribution in [0, 0.1) is 6.92 Å². The third-order valence-corrected chi connectivity index (χ3v) is 3.20. The molecule has 0 spiro atoms. The van der Waals surface area contributed by atoms with E-state index in [9.17, 15) is 0 Å². The molecule has 0 heterocycles. The van der Waals surface area contributed by atoms with Crippen molar-refractivity contribution in [3.63, 3.8) is 0 Å². The monoisotopic (exact) mass is 277 g/mol. The van der Waals surface area contributed by atoms with E-state index in [1.165, 1.54) is 16.7 Å². The highest BCUT2D eigenvalue weighted by Crippen LogP contribution is 2.22.